The predicted octanol–water partition coefficient (Wildman–Crippen LogP) is 1.14. The van der Waals surface area contributed by atoms with E-state index in [1.165, 1.54) is 7.11 Å². The van der Waals surface area contributed by atoms with Crippen molar-refractivity contribution in [2.45, 2.75) is 26.8 Å². The summed E-state index contributed by atoms with van der Waals surface area (Å²) in [6, 6.07) is 3.45. The zero-order valence-electron chi connectivity index (χ0n) is 12.6. The first-order chi connectivity index (χ1) is 9.35. The van der Waals surface area contributed by atoms with Crippen LogP contribution in [0.3, 0.4) is 0 Å². The molecule has 0 atom stereocenters. The largest absolute Gasteiger partial charge is 0.465 e. The van der Waals surface area contributed by atoms with Gasteiger partial charge in [0.2, 0.25) is 5.91 Å². The Kier molecular flexibility index (Phi) is 5.49. The van der Waals surface area contributed by atoms with E-state index in [0.717, 1.165) is 0 Å². The maximum absolute atomic E-state index is 11.7. The minimum atomic E-state index is -0.415. The molecule has 110 valence electrons. The summed E-state index contributed by atoms with van der Waals surface area (Å²) in [6.45, 7) is 5.76. The molecule has 1 heterocycles. The zero-order chi connectivity index (χ0) is 15.3. The molecule has 0 unspecified atom stereocenters. The molecule has 0 fully saturated rings. The van der Waals surface area contributed by atoms with Crippen LogP contribution in [-0.4, -0.2) is 43.6 Å². The number of nitrogens with one attached hydrogen (secondary N) is 1. The quantitative estimate of drug-likeness (QED) is 0.818. The van der Waals surface area contributed by atoms with Crippen molar-refractivity contribution in [3.8, 4) is 0 Å². The first-order valence-electron chi connectivity index (χ1n) is 6.41. The van der Waals surface area contributed by atoms with Gasteiger partial charge in [-0.3, -0.25) is 4.79 Å². The lowest BCUT2D eigenvalue weighted by Crippen LogP contribution is -2.38. The van der Waals surface area contributed by atoms with Crippen LogP contribution in [0.5, 0.6) is 0 Å². The third-order valence-electron chi connectivity index (χ3n) is 2.70. The molecular weight excluding hydrogens is 258 g/mol. The number of carbonyl (C=O) groups excluding carboxylic acids is 2. The maximum Gasteiger partial charge on any atom is 0.339 e. The molecule has 0 spiro atoms. The molecule has 0 aliphatic heterocycles. The van der Waals surface area contributed by atoms with Gasteiger partial charge in [0.25, 0.3) is 0 Å². The highest BCUT2D eigenvalue weighted by atomic mass is 16.5. The molecule has 1 rings (SSSR count). The topological polar surface area (TPSA) is 71.5 Å². The van der Waals surface area contributed by atoms with Gasteiger partial charge in [0, 0.05) is 13.1 Å². The number of amides is 1. The average Bonchev–Trinajstić information content (AvgIpc) is 2.36. The smallest absolute Gasteiger partial charge is 0.339 e. The number of anilines is 1. The van der Waals surface area contributed by atoms with Crippen molar-refractivity contribution in [2.75, 3.05) is 25.6 Å². The summed E-state index contributed by atoms with van der Waals surface area (Å²) in [4.78, 5) is 29.2. The Morgan fingerprint density at radius 3 is 2.55 bits per heavy atom. The van der Waals surface area contributed by atoms with Crippen molar-refractivity contribution in [3.05, 3.63) is 23.4 Å². The second-order valence-corrected chi connectivity index (χ2v) is 4.87. The number of hydrogen-bond donors (Lipinski definition) is 1. The summed E-state index contributed by atoms with van der Waals surface area (Å²) < 4.78 is 4.67. The fraction of sp³-hybridized carbons (Fsp3) is 0.500. The van der Waals surface area contributed by atoms with E-state index in [9.17, 15) is 9.59 Å². The number of aromatic nitrogens is 1. The molecule has 0 saturated heterocycles. The molecule has 1 aromatic rings. The first-order valence-corrected chi connectivity index (χ1v) is 6.41. The van der Waals surface area contributed by atoms with Crippen LogP contribution in [0, 0.1) is 6.92 Å². The third-order valence-corrected chi connectivity index (χ3v) is 2.70. The van der Waals surface area contributed by atoms with Crippen LogP contribution in [0.2, 0.25) is 0 Å². The average molecular weight is 279 g/mol. The SMILES string of the molecule is COC(=O)c1ccc(N(C)CC(=O)NC(C)C)nc1C. The van der Waals surface area contributed by atoms with E-state index < -0.39 is 5.97 Å². The van der Waals surface area contributed by atoms with E-state index in [-0.39, 0.29) is 18.5 Å². The van der Waals surface area contributed by atoms with Gasteiger partial charge in [0.15, 0.2) is 0 Å². The highest BCUT2D eigenvalue weighted by molar-refractivity contribution is 5.90. The third kappa shape index (κ3) is 4.22. The summed E-state index contributed by atoms with van der Waals surface area (Å²) in [7, 11) is 3.11. The Balaban J connectivity index is 2.79. The predicted molar refractivity (Wildman–Crippen MR) is 76.9 cm³/mol. The molecule has 0 aliphatic carbocycles. The van der Waals surface area contributed by atoms with Gasteiger partial charge in [-0.15, -0.1) is 0 Å². The van der Waals surface area contributed by atoms with Crippen molar-refractivity contribution >= 4 is 17.7 Å². The maximum atomic E-state index is 11.7. The fourth-order valence-electron chi connectivity index (χ4n) is 1.75. The summed E-state index contributed by atoms with van der Waals surface area (Å²) in [5, 5.41) is 2.81. The normalized spacial score (nSPS) is 10.3. The van der Waals surface area contributed by atoms with Crippen LogP contribution in [0.1, 0.15) is 29.9 Å². The minimum absolute atomic E-state index is 0.0704. The van der Waals surface area contributed by atoms with E-state index in [0.29, 0.717) is 17.1 Å². The van der Waals surface area contributed by atoms with Gasteiger partial charge in [-0.25, -0.2) is 9.78 Å². The van der Waals surface area contributed by atoms with Crippen molar-refractivity contribution in [1.82, 2.24) is 10.3 Å². The van der Waals surface area contributed by atoms with E-state index in [1.54, 1.807) is 31.0 Å². The number of likely N-dealkylation sites (N-methyl/N-ethyl adjacent to an activating group) is 1. The van der Waals surface area contributed by atoms with Crippen molar-refractivity contribution in [1.29, 1.82) is 0 Å². The van der Waals surface area contributed by atoms with Gasteiger partial charge >= 0.3 is 5.97 Å². The van der Waals surface area contributed by atoms with Gasteiger partial charge in [-0.1, -0.05) is 0 Å². The fourth-order valence-corrected chi connectivity index (χ4v) is 1.75. The number of hydrogen-bond acceptors (Lipinski definition) is 5. The number of ether oxygens (including phenoxy) is 1. The summed E-state index contributed by atoms with van der Waals surface area (Å²) in [6.07, 6.45) is 0. The zero-order valence-corrected chi connectivity index (χ0v) is 12.6. The number of rotatable bonds is 5. The molecule has 6 heteroatoms. The Morgan fingerprint density at radius 2 is 2.05 bits per heavy atom. The first kappa shape index (κ1) is 15.9. The van der Waals surface area contributed by atoms with Gasteiger partial charge in [0.1, 0.15) is 5.82 Å². The Labute approximate surface area is 119 Å². The second-order valence-electron chi connectivity index (χ2n) is 4.87. The van der Waals surface area contributed by atoms with E-state index in [4.69, 9.17) is 0 Å². The lowest BCUT2D eigenvalue weighted by Gasteiger charge is -2.19. The summed E-state index contributed by atoms with van der Waals surface area (Å²) in [5.41, 5.74) is 1.00. The second kappa shape index (κ2) is 6.88. The summed E-state index contributed by atoms with van der Waals surface area (Å²) in [5.74, 6) is 0.148. The van der Waals surface area contributed by atoms with Crippen LogP contribution >= 0.6 is 0 Å². The standard InChI is InChI=1S/C14H21N3O3/c1-9(2)15-13(18)8-17(4)12-7-6-11(10(3)16-12)14(19)20-5/h6-7,9H,8H2,1-5H3,(H,15,18). The number of aryl methyl sites for hydroxylation is 1. The highest BCUT2D eigenvalue weighted by Crippen LogP contribution is 2.14. The molecule has 0 aromatic carbocycles. The van der Waals surface area contributed by atoms with Gasteiger partial charge in [0.05, 0.1) is 24.9 Å². The van der Waals surface area contributed by atoms with Crippen molar-refractivity contribution in [2.24, 2.45) is 0 Å². The van der Waals surface area contributed by atoms with Crippen molar-refractivity contribution < 1.29 is 14.3 Å². The molecule has 0 radical (unpaired) electrons. The van der Waals surface area contributed by atoms with E-state index in [2.05, 4.69) is 15.0 Å². The lowest BCUT2D eigenvalue weighted by atomic mass is 10.2. The lowest BCUT2D eigenvalue weighted by molar-refractivity contribution is -0.120. The van der Waals surface area contributed by atoms with Crippen LogP contribution < -0.4 is 10.2 Å². The molecule has 0 aliphatic rings. The number of esters is 1. The highest BCUT2D eigenvalue weighted by Gasteiger charge is 2.14. The Bertz CT molecular complexity index is 500. The van der Waals surface area contributed by atoms with Crippen molar-refractivity contribution in [3.63, 3.8) is 0 Å². The van der Waals surface area contributed by atoms with Gasteiger partial charge < -0.3 is 15.0 Å². The number of methoxy groups -OCH3 is 1. The molecule has 0 bridgehead atoms. The number of pyridine rings is 1. The van der Waals surface area contributed by atoms with Crippen LogP contribution in [0.4, 0.5) is 5.82 Å². The molecule has 1 N–H and O–H groups in total. The molecule has 20 heavy (non-hydrogen) atoms. The molecule has 0 saturated carbocycles. The molecular formula is C14H21N3O3. The van der Waals surface area contributed by atoms with Gasteiger partial charge in [-0.05, 0) is 32.9 Å². The minimum Gasteiger partial charge on any atom is -0.465 e. The number of nitrogens with zero attached hydrogens (tertiary/aromatic N) is 2. The van der Waals surface area contributed by atoms with Crippen LogP contribution in [0.15, 0.2) is 12.1 Å². The molecule has 6 nitrogen and oxygen atoms in total. The summed E-state index contributed by atoms with van der Waals surface area (Å²) >= 11 is 0. The number of carbonyl (C=O) groups is 2. The van der Waals surface area contributed by atoms with E-state index >= 15 is 0 Å². The monoisotopic (exact) mass is 279 g/mol. The Hall–Kier alpha value is -2.11. The Morgan fingerprint density at radius 1 is 1.40 bits per heavy atom. The van der Waals surface area contributed by atoms with Crippen LogP contribution in [-0.2, 0) is 9.53 Å². The van der Waals surface area contributed by atoms with Crippen LogP contribution in [0.25, 0.3) is 0 Å². The molecule has 1 amide bonds. The van der Waals surface area contributed by atoms with Gasteiger partial charge in [-0.2, -0.15) is 0 Å². The molecule has 1 aromatic heterocycles. The van der Waals surface area contributed by atoms with E-state index in [1.807, 2.05) is 13.8 Å².